The lowest BCUT2D eigenvalue weighted by Crippen LogP contribution is -2.07. The number of hydrogen-bond donors (Lipinski definition) is 1. The Bertz CT molecular complexity index is 384. The van der Waals surface area contributed by atoms with E-state index in [2.05, 4.69) is 4.98 Å². The van der Waals surface area contributed by atoms with Gasteiger partial charge in [-0.2, -0.15) is 0 Å². The quantitative estimate of drug-likeness (QED) is 0.850. The first-order valence-electron chi connectivity index (χ1n) is 5.42. The third-order valence-corrected chi connectivity index (χ3v) is 2.82. The minimum Gasteiger partial charge on any atom is -0.388 e. The molecule has 0 saturated heterocycles. The van der Waals surface area contributed by atoms with Crippen LogP contribution < -0.4 is 0 Å². The number of rotatable bonds is 3. The molecule has 0 saturated carbocycles. The maximum absolute atomic E-state index is 10.2. The largest absolute Gasteiger partial charge is 0.388 e. The van der Waals surface area contributed by atoms with E-state index in [-0.39, 0.29) is 5.92 Å². The Balaban J connectivity index is 2.20. The molecule has 0 aliphatic rings. The van der Waals surface area contributed by atoms with E-state index in [0.29, 0.717) is 0 Å². The monoisotopic (exact) mass is 213 g/mol. The summed E-state index contributed by atoms with van der Waals surface area (Å²) < 4.78 is 0. The van der Waals surface area contributed by atoms with Gasteiger partial charge in [0.25, 0.3) is 0 Å². The maximum Gasteiger partial charge on any atom is 0.0870 e. The topological polar surface area (TPSA) is 33.1 Å². The second-order valence-corrected chi connectivity index (χ2v) is 3.93. The molecule has 1 N–H and O–H groups in total. The highest BCUT2D eigenvalue weighted by molar-refractivity contribution is 5.24. The van der Waals surface area contributed by atoms with Crippen LogP contribution in [-0.2, 0) is 0 Å². The van der Waals surface area contributed by atoms with Gasteiger partial charge in [-0.05, 0) is 17.2 Å². The molecule has 0 spiro atoms. The van der Waals surface area contributed by atoms with Gasteiger partial charge in [0.2, 0.25) is 0 Å². The molecule has 2 atom stereocenters. The van der Waals surface area contributed by atoms with Crippen LogP contribution in [0.25, 0.3) is 0 Å². The molecular formula is C14H15NO. The zero-order valence-electron chi connectivity index (χ0n) is 9.25. The van der Waals surface area contributed by atoms with E-state index < -0.39 is 6.10 Å². The highest BCUT2D eigenvalue weighted by atomic mass is 16.3. The van der Waals surface area contributed by atoms with Crippen molar-refractivity contribution in [3.63, 3.8) is 0 Å². The molecule has 82 valence electrons. The number of aromatic nitrogens is 1. The number of hydrogen-bond acceptors (Lipinski definition) is 2. The van der Waals surface area contributed by atoms with Crippen molar-refractivity contribution >= 4 is 0 Å². The molecule has 0 aliphatic carbocycles. The molecule has 0 amide bonds. The number of benzene rings is 1. The Morgan fingerprint density at radius 3 is 2.31 bits per heavy atom. The summed E-state index contributed by atoms with van der Waals surface area (Å²) in [6.45, 7) is 2.02. The van der Waals surface area contributed by atoms with E-state index in [9.17, 15) is 5.11 Å². The van der Waals surface area contributed by atoms with Crippen molar-refractivity contribution < 1.29 is 5.11 Å². The Morgan fingerprint density at radius 2 is 1.69 bits per heavy atom. The Labute approximate surface area is 95.6 Å². The molecule has 1 heterocycles. The van der Waals surface area contributed by atoms with E-state index >= 15 is 0 Å². The summed E-state index contributed by atoms with van der Waals surface area (Å²) in [4.78, 5) is 4.02. The summed E-state index contributed by atoms with van der Waals surface area (Å²) in [5.41, 5.74) is 2.00. The van der Waals surface area contributed by atoms with Crippen molar-refractivity contribution in [2.45, 2.75) is 18.9 Å². The van der Waals surface area contributed by atoms with Gasteiger partial charge in [-0.3, -0.25) is 4.98 Å². The van der Waals surface area contributed by atoms with E-state index in [0.717, 1.165) is 11.1 Å². The Morgan fingerprint density at radius 1 is 1.00 bits per heavy atom. The first-order valence-corrected chi connectivity index (χ1v) is 5.42. The Kier molecular flexibility index (Phi) is 3.32. The predicted octanol–water partition coefficient (Wildman–Crippen LogP) is 2.92. The van der Waals surface area contributed by atoms with Gasteiger partial charge in [-0.1, -0.05) is 43.3 Å². The molecule has 0 radical (unpaired) electrons. The lowest BCUT2D eigenvalue weighted by atomic mass is 9.92. The van der Waals surface area contributed by atoms with E-state index in [4.69, 9.17) is 0 Å². The summed E-state index contributed by atoms with van der Waals surface area (Å²) in [6, 6.07) is 13.8. The lowest BCUT2D eigenvalue weighted by molar-refractivity contribution is 0.151. The second-order valence-electron chi connectivity index (χ2n) is 3.93. The first-order chi connectivity index (χ1) is 7.79. The first kappa shape index (κ1) is 10.8. The average Bonchev–Trinajstić information content (AvgIpc) is 2.39. The van der Waals surface area contributed by atoms with Crippen molar-refractivity contribution in [1.82, 2.24) is 4.98 Å². The minimum atomic E-state index is -0.504. The second kappa shape index (κ2) is 4.90. The number of aliphatic hydroxyl groups is 1. The normalized spacial score (nSPS) is 14.4. The number of nitrogens with zero attached hydrogens (tertiary/aromatic N) is 1. The van der Waals surface area contributed by atoms with Gasteiger partial charge in [0, 0.05) is 18.3 Å². The van der Waals surface area contributed by atoms with Crippen LogP contribution >= 0.6 is 0 Å². The van der Waals surface area contributed by atoms with Gasteiger partial charge in [0.05, 0.1) is 6.10 Å². The molecule has 0 bridgehead atoms. The zero-order chi connectivity index (χ0) is 11.4. The van der Waals surface area contributed by atoms with Gasteiger partial charge in [-0.15, -0.1) is 0 Å². The lowest BCUT2D eigenvalue weighted by Gasteiger charge is -2.19. The number of pyridine rings is 1. The molecule has 2 heteroatoms. The van der Waals surface area contributed by atoms with Crippen LogP contribution in [0.2, 0.25) is 0 Å². The van der Waals surface area contributed by atoms with Crippen LogP contribution in [0, 0.1) is 0 Å². The van der Waals surface area contributed by atoms with Gasteiger partial charge in [-0.25, -0.2) is 0 Å². The van der Waals surface area contributed by atoms with Crippen LogP contribution in [-0.4, -0.2) is 10.1 Å². The summed E-state index contributed by atoms with van der Waals surface area (Å²) in [5, 5.41) is 10.2. The highest BCUT2D eigenvalue weighted by Gasteiger charge is 2.17. The third kappa shape index (κ3) is 2.28. The molecule has 16 heavy (non-hydrogen) atoms. The van der Waals surface area contributed by atoms with Crippen LogP contribution in [0.1, 0.15) is 30.1 Å². The molecule has 1 aromatic heterocycles. The smallest absolute Gasteiger partial charge is 0.0870 e. The van der Waals surface area contributed by atoms with Gasteiger partial charge in [0.15, 0.2) is 0 Å². The average molecular weight is 213 g/mol. The fraction of sp³-hybridized carbons (Fsp3) is 0.214. The van der Waals surface area contributed by atoms with Crippen LogP contribution in [0.4, 0.5) is 0 Å². The molecule has 2 nitrogen and oxygen atoms in total. The van der Waals surface area contributed by atoms with Crippen molar-refractivity contribution in [1.29, 1.82) is 0 Å². The van der Waals surface area contributed by atoms with Gasteiger partial charge < -0.3 is 5.11 Å². The summed E-state index contributed by atoms with van der Waals surface area (Å²) in [7, 11) is 0. The molecule has 0 aliphatic heterocycles. The van der Waals surface area contributed by atoms with E-state index in [1.807, 2.05) is 49.4 Å². The van der Waals surface area contributed by atoms with Crippen molar-refractivity contribution in [3.05, 3.63) is 66.0 Å². The van der Waals surface area contributed by atoms with Crippen molar-refractivity contribution in [2.75, 3.05) is 0 Å². The number of aliphatic hydroxyl groups excluding tert-OH is 1. The van der Waals surface area contributed by atoms with Crippen LogP contribution in [0.3, 0.4) is 0 Å². The SMILES string of the molecule is C[C@H](c1ccccc1)[C@@H](O)c1cccnc1. The van der Waals surface area contributed by atoms with Crippen LogP contribution in [0.15, 0.2) is 54.9 Å². The van der Waals surface area contributed by atoms with Crippen molar-refractivity contribution in [2.24, 2.45) is 0 Å². The molecular weight excluding hydrogens is 198 g/mol. The summed E-state index contributed by atoms with van der Waals surface area (Å²) >= 11 is 0. The molecule has 2 rings (SSSR count). The maximum atomic E-state index is 10.2. The van der Waals surface area contributed by atoms with Crippen LogP contribution in [0.5, 0.6) is 0 Å². The van der Waals surface area contributed by atoms with Crippen molar-refractivity contribution in [3.8, 4) is 0 Å². The Hall–Kier alpha value is -1.67. The standard InChI is InChI=1S/C14H15NO/c1-11(12-6-3-2-4-7-12)14(16)13-8-5-9-15-10-13/h2-11,14,16H,1H3/t11-,14-/m1/s1. The van der Waals surface area contributed by atoms with E-state index in [1.165, 1.54) is 0 Å². The fourth-order valence-electron chi connectivity index (χ4n) is 1.78. The van der Waals surface area contributed by atoms with Gasteiger partial charge >= 0.3 is 0 Å². The zero-order valence-corrected chi connectivity index (χ0v) is 9.25. The fourth-order valence-corrected chi connectivity index (χ4v) is 1.78. The summed E-state index contributed by atoms with van der Waals surface area (Å²) in [6.07, 6.45) is 2.92. The molecule has 2 aromatic rings. The molecule has 0 unspecified atom stereocenters. The third-order valence-electron chi connectivity index (χ3n) is 2.82. The summed E-state index contributed by atoms with van der Waals surface area (Å²) in [5.74, 6) is 0.0744. The molecule has 1 aromatic carbocycles. The van der Waals surface area contributed by atoms with E-state index in [1.54, 1.807) is 12.4 Å². The highest BCUT2D eigenvalue weighted by Crippen LogP contribution is 2.29. The predicted molar refractivity (Wildman–Crippen MR) is 64.1 cm³/mol. The molecule has 0 fully saturated rings. The van der Waals surface area contributed by atoms with Gasteiger partial charge in [0.1, 0.15) is 0 Å². The minimum absolute atomic E-state index is 0.0744.